The van der Waals surface area contributed by atoms with Gasteiger partial charge in [0.05, 0.1) is 0 Å². The molecule has 0 saturated carbocycles. The molecule has 0 amide bonds. The van der Waals surface area contributed by atoms with Gasteiger partial charge in [-0.15, -0.1) is 0 Å². The number of carbonyl (C=O) groups excluding carboxylic acids is 1. The number of nitrogens with zero attached hydrogens (tertiary/aromatic N) is 1. The van der Waals surface area contributed by atoms with Crippen molar-refractivity contribution < 1.29 is 9.63 Å². The summed E-state index contributed by atoms with van der Waals surface area (Å²) in [6.07, 6.45) is 2.23. The van der Waals surface area contributed by atoms with Gasteiger partial charge in [-0.2, -0.15) is 4.80 Å². The van der Waals surface area contributed by atoms with Crippen molar-refractivity contribution in [2.75, 3.05) is 6.61 Å². The molecule has 0 aromatic carbocycles. The van der Waals surface area contributed by atoms with Crippen LogP contribution in [0.15, 0.2) is 4.80 Å². The van der Waals surface area contributed by atoms with Crippen LogP contribution in [-0.4, -0.2) is 22.4 Å². The molecule has 70 valence electrons. The Morgan fingerprint density at radius 2 is 2.33 bits per heavy atom. The summed E-state index contributed by atoms with van der Waals surface area (Å²) in [6.45, 7) is 4.61. The molecule has 0 spiro atoms. The number of Topliss-reactive ketones (excluding diaryl/α,β-unsaturated/α-hetero) is 1. The van der Waals surface area contributed by atoms with Crippen LogP contribution >= 0.6 is 0 Å². The Bertz CT molecular complexity index is 150. The monoisotopic (exact) mass is 187 g/mol. The molecule has 0 N–H and O–H groups in total. The molecule has 0 radical (unpaired) electrons. The van der Waals surface area contributed by atoms with Crippen LogP contribution in [0.4, 0.5) is 0 Å². The number of ketones is 1. The van der Waals surface area contributed by atoms with E-state index in [1.807, 2.05) is 0 Å². The van der Waals surface area contributed by atoms with Crippen LogP contribution in [0.2, 0.25) is 0 Å². The molecule has 0 aliphatic rings. The quantitative estimate of drug-likeness (QED) is 0.340. The lowest BCUT2D eigenvalue weighted by Gasteiger charge is -2.05. The number of rotatable bonds is 7. The van der Waals surface area contributed by atoms with Crippen molar-refractivity contribution >= 4 is 15.8 Å². The van der Waals surface area contributed by atoms with E-state index in [-0.39, 0.29) is 5.78 Å². The van der Waals surface area contributed by atoms with Gasteiger partial charge in [0, 0.05) is 12.8 Å². The van der Waals surface area contributed by atoms with Crippen molar-refractivity contribution in [1.29, 1.82) is 0 Å². The van der Waals surface area contributed by atoms with Crippen LogP contribution in [0.25, 0.3) is 0 Å². The van der Waals surface area contributed by atoms with Crippen molar-refractivity contribution in [1.82, 2.24) is 0 Å². The van der Waals surface area contributed by atoms with Crippen LogP contribution in [-0.2, 0) is 9.63 Å². The minimum Gasteiger partial charge on any atom is -0.407 e. The molecule has 12 heavy (non-hydrogen) atoms. The summed E-state index contributed by atoms with van der Waals surface area (Å²) in [5.74, 6) is 0.772. The second-order valence-corrected chi connectivity index (χ2v) is 3.23. The lowest BCUT2D eigenvalue weighted by atomic mass is 10.0. The van der Waals surface area contributed by atoms with E-state index in [2.05, 4.69) is 18.6 Å². The van der Waals surface area contributed by atoms with E-state index in [1.54, 1.807) is 0 Å². The molecule has 0 rings (SSSR count). The van der Waals surface area contributed by atoms with Crippen molar-refractivity contribution in [2.45, 2.75) is 33.1 Å². The Morgan fingerprint density at radius 3 is 2.83 bits per heavy atom. The lowest BCUT2D eigenvalue weighted by molar-refractivity contribution is -0.120. The maximum atomic E-state index is 11.2. The van der Waals surface area contributed by atoms with Gasteiger partial charge in [-0.25, -0.2) is 0 Å². The van der Waals surface area contributed by atoms with Crippen molar-refractivity contribution in [2.24, 2.45) is 10.7 Å². The highest BCUT2D eigenvalue weighted by Crippen LogP contribution is 2.08. The molecule has 0 aromatic heterocycles. The van der Waals surface area contributed by atoms with E-state index in [0.29, 0.717) is 25.4 Å². The fraction of sp³-hybridized carbons (Fsp3) is 0.875. The first-order valence-electron chi connectivity index (χ1n) is 4.30. The second-order valence-electron chi connectivity index (χ2n) is 2.97. The molecule has 0 fully saturated rings. The van der Waals surface area contributed by atoms with Crippen LogP contribution < -0.4 is 0 Å². The molecular formula is C8H17NO2Si. The van der Waals surface area contributed by atoms with Crippen LogP contribution in [0.5, 0.6) is 0 Å². The molecule has 0 bridgehead atoms. The summed E-state index contributed by atoms with van der Waals surface area (Å²) in [5.41, 5.74) is 0. The SMILES string of the molecule is CCC(C)CC(=O)CCON=[SiH2]. The first-order valence-corrected chi connectivity index (χ1v) is 4.93. The smallest absolute Gasteiger partial charge is 0.148 e. The van der Waals surface area contributed by atoms with Gasteiger partial charge in [0.2, 0.25) is 0 Å². The summed E-state index contributed by atoms with van der Waals surface area (Å²) < 4.78 is 0. The Kier molecular flexibility index (Phi) is 6.85. The molecule has 1 unspecified atom stereocenters. The summed E-state index contributed by atoms with van der Waals surface area (Å²) in [7, 11) is 1.39. The third-order valence-corrected chi connectivity index (χ3v) is 2.02. The fourth-order valence-corrected chi connectivity index (χ4v) is 0.988. The minimum absolute atomic E-state index is 0.274. The van der Waals surface area contributed by atoms with Gasteiger partial charge in [0.25, 0.3) is 0 Å². The number of hydrogen-bond acceptors (Lipinski definition) is 3. The standard InChI is InChI=1S/C8H17NO2Si/c1-3-7(2)6-8(10)4-5-11-9-12/h7H,3-6,12H2,1-2H3. The van der Waals surface area contributed by atoms with Gasteiger partial charge in [0.1, 0.15) is 22.4 Å². The van der Waals surface area contributed by atoms with Gasteiger partial charge in [-0.1, -0.05) is 20.3 Å². The van der Waals surface area contributed by atoms with Gasteiger partial charge >= 0.3 is 0 Å². The maximum Gasteiger partial charge on any atom is 0.148 e. The summed E-state index contributed by atoms with van der Waals surface area (Å²) in [6, 6.07) is 0. The summed E-state index contributed by atoms with van der Waals surface area (Å²) >= 11 is 0. The van der Waals surface area contributed by atoms with Crippen LogP contribution in [0, 0.1) is 5.92 Å². The first kappa shape index (κ1) is 11.5. The van der Waals surface area contributed by atoms with E-state index in [9.17, 15) is 4.79 Å². The predicted octanol–water partition coefficient (Wildman–Crippen LogP) is 1.13. The summed E-state index contributed by atoms with van der Waals surface area (Å²) in [4.78, 5) is 19.4. The molecule has 0 aliphatic heterocycles. The van der Waals surface area contributed by atoms with E-state index in [4.69, 9.17) is 4.84 Å². The van der Waals surface area contributed by atoms with Crippen molar-refractivity contribution in [3.05, 3.63) is 0 Å². The Labute approximate surface area is 76.6 Å². The first-order chi connectivity index (χ1) is 5.70. The minimum atomic E-state index is 0.274. The van der Waals surface area contributed by atoms with Gasteiger partial charge in [-0.3, -0.25) is 4.79 Å². The lowest BCUT2D eigenvalue weighted by Crippen LogP contribution is -2.07. The molecule has 0 heterocycles. The average molecular weight is 187 g/mol. The number of hydrogen-bond donors (Lipinski definition) is 0. The van der Waals surface area contributed by atoms with E-state index >= 15 is 0 Å². The molecular weight excluding hydrogens is 170 g/mol. The zero-order chi connectivity index (χ0) is 9.40. The van der Waals surface area contributed by atoms with Gasteiger partial charge < -0.3 is 4.84 Å². The molecule has 0 aliphatic carbocycles. The van der Waals surface area contributed by atoms with Crippen molar-refractivity contribution in [3.8, 4) is 0 Å². The zero-order valence-corrected chi connectivity index (χ0v) is 9.29. The second kappa shape index (κ2) is 7.15. The normalized spacial score (nSPS) is 12.2. The molecule has 1 atom stereocenters. The zero-order valence-electron chi connectivity index (χ0n) is 7.88. The van der Waals surface area contributed by atoms with Gasteiger partial charge in [-0.05, 0) is 5.92 Å². The van der Waals surface area contributed by atoms with E-state index in [0.717, 1.165) is 6.42 Å². The maximum absolute atomic E-state index is 11.2. The highest BCUT2D eigenvalue weighted by molar-refractivity contribution is 5.91. The molecule has 0 aromatic rings. The Hall–Kier alpha value is -0.513. The number of carbonyl (C=O) groups is 1. The van der Waals surface area contributed by atoms with Gasteiger partial charge in [0.15, 0.2) is 0 Å². The van der Waals surface area contributed by atoms with Crippen molar-refractivity contribution in [3.63, 3.8) is 0 Å². The average Bonchev–Trinajstić information content (AvgIpc) is 2.05. The highest BCUT2D eigenvalue weighted by Gasteiger charge is 2.06. The third-order valence-electron chi connectivity index (χ3n) is 1.84. The Balaban J connectivity index is 3.39. The molecule has 4 heteroatoms. The molecule has 3 nitrogen and oxygen atoms in total. The van der Waals surface area contributed by atoms with E-state index < -0.39 is 0 Å². The molecule has 0 saturated heterocycles. The van der Waals surface area contributed by atoms with Crippen LogP contribution in [0.3, 0.4) is 0 Å². The van der Waals surface area contributed by atoms with Crippen LogP contribution in [0.1, 0.15) is 33.1 Å². The fourth-order valence-electron chi connectivity index (χ4n) is 0.859. The summed E-state index contributed by atoms with van der Waals surface area (Å²) in [5, 5.41) is 0. The largest absolute Gasteiger partial charge is 0.407 e. The third kappa shape index (κ3) is 6.21. The highest BCUT2D eigenvalue weighted by atomic mass is 28.1. The van der Waals surface area contributed by atoms with E-state index in [1.165, 1.54) is 10.0 Å². The predicted molar refractivity (Wildman–Crippen MR) is 50.6 cm³/mol. The Morgan fingerprint density at radius 1 is 1.67 bits per heavy atom. The topological polar surface area (TPSA) is 38.7 Å².